The number of nitrogens with zero attached hydrogens (tertiary/aromatic N) is 2. The van der Waals surface area contributed by atoms with E-state index in [-0.39, 0.29) is 29.6 Å². The van der Waals surface area contributed by atoms with Crippen LogP contribution >= 0.6 is 11.6 Å². The van der Waals surface area contributed by atoms with E-state index in [2.05, 4.69) is 20.6 Å². The standard InChI is InChI=1S/C20H16ClF3N4O3/c21-15-8-12(6-7-14(15)20(22,23)24)26-19-25-9-13(18(30)31)17(28-19)27-16(10-29)11-4-2-1-3-5-11/h1-9,16,29H,10H2,(H,30,31)(H2,25,26,27,28)/t16-/m1/s1. The molecule has 3 rings (SSSR count). The largest absolute Gasteiger partial charge is 0.477 e. The summed E-state index contributed by atoms with van der Waals surface area (Å²) in [6, 6.07) is 11.2. The number of halogens is 4. The number of aromatic carboxylic acids is 1. The first kappa shape index (κ1) is 22.3. The molecule has 0 amide bonds. The zero-order chi connectivity index (χ0) is 22.6. The van der Waals surface area contributed by atoms with Gasteiger partial charge >= 0.3 is 12.1 Å². The van der Waals surface area contributed by atoms with Crippen LogP contribution in [0.4, 0.5) is 30.6 Å². The van der Waals surface area contributed by atoms with E-state index >= 15 is 0 Å². The molecule has 0 saturated carbocycles. The molecule has 4 N–H and O–H groups in total. The Morgan fingerprint density at radius 1 is 1.16 bits per heavy atom. The van der Waals surface area contributed by atoms with E-state index < -0.39 is 28.8 Å². The molecule has 0 bridgehead atoms. The third-order valence-electron chi connectivity index (χ3n) is 4.25. The number of aliphatic hydroxyl groups excluding tert-OH is 1. The summed E-state index contributed by atoms with van der Waals surface area (Å²) in [7, 11) is 0. The summed E-state index contributed by atoms with van der Waals surface area (Å²) >= 11 is 5.72. The van der Waals surface area contributed by atoms with Gasteiger partial charge in [0, 0.05) is 11.9 Å². The van der Waals surface area contributed by atoms with Crippen LogP contribution in [0, 0.1) is 0 Å². The number of rotatable bonds is 7. The maximum absolute atomic E-state index is 12.9. The Balaban J connectivity index is 1.90. The molecule has 3 aromatic rings. The summed E-state index contributed by atoms with van der Waals surface area (Å²) < 4.78 is 38.6. The lowest BCUT2D eigenvalue weighted by Gasteiger charge is -2.19. The van der Waals surface area contributed by atoms with Gasteiger partial charge in [-0.15, -0.1) is 0 Å². The van der Waals surface area contributed by atoms with Crippen LogP contribution in [-0.2, 0) is 6.18 Å². The van der Waals surface area contributed by atoms with Crippen molar-refractivity contribution in [3.05, 3.63) is 76.4 Å². The lowest BCUT2D eigenvalue weighted by atomic mass is 10.1. The number of hydrogen-bond donors (Lipinski definition) is 4. The van der Waals surface area contributed by atoms with Crippen LogP contribution in [0.5, 0.6) is 0 Å². The number of benzene rings is 2. The van der Waals surface area contributed by atoms with Gasteiger partial charge in [-0.2, -0.15) is 18.2 Å². The molecule has 1 heterocycles. The van der Waals surface area contributed by atoms with Crippen molar-refractivity contribution < 1.29 is 28.2 Å². The fourth-order valence-electron chi connectivity index (χ4n) is 2.75. The molecule has 0 fully saturated rings. The minimum atomic E-state index is -4.59. The van der Waals surface area contributed by atoms with Gasteiger partial charge in [0.2, 0.25) is 5.95 Å². The second-order valence-electron chi connectivity index (χ2n) is 6.37. The summed E-state index contributed by atoms with van der Waals surface area (Å²) in [5.41, 5.74) is -0.360. The Hall–Kier alpha value is -3.37. The molecule has 1 aromatic heterocycles. The Labute approximate surface area is 179 Å². The van der Waals surface area contributed by atoms with E-state index in [1.807, 2.05) is 0 Å². The number of nitrogens with one attached hydrogen (secondary N) is 2. The molecule has 0 radical (unpaired) electrons. The third-order valence-corrected chi connectivity index (χ3v) is 4.56. The zero-order valence-electron chi connectivity index (χ0n) is 15.7. The lowest BCUT2D eigenvalue weighted by Crippen LogP contribution is -2.18. The van der Waals surface area contributed by atoms with Gasteiger partial charge in [-0.3, -0.25) is 0 Å². The summed E-state index contributed by atoms with van der Waals surface area (Å²) in [4.78, 5) is 19.6. The van der Waals surface area contributed by atoms with Gasteiger partial charge in [-0.05, 0) is 23.8 Å². The second-order valence-corrected chi connectivity index (χ2v) is 6.78. The Morgan fingerprint density at radius 2 is 1.87 bits per heavy atom. The van der Waals surface area contributed by atoms with Gasteiger partial charge in [0.1, 0.15) is 11.4 Å². The molecule has 11 heteroatoms. The molecule has 0 aliphatic heterocycles. The van der Waals surface area contributed by atoms with Crippen molar-refractivity contribution in [2.24, 2.45) is 0 Å². The number of aromatic nitrogens is 2. The normalized spacial score (nSPS) is 12.3. The van der Waals surface area contributed by atoms with Gasteiger partial charge in [0.15, 0.2) is 0 Å². The summed E-state index contributed by atoms with van der Waals surface area (Å²) in [5, 5.41) is 24.2. The first-order valence-corrected chi connectivity index (χ1v) is 9.23. The molecule has 1 atom stereocenters. The van der Waals surface area contributed by atoms with Crippen LogP contribution in [0.1, 0.15) is 27.5 Å². The summed E-state index contributed by atoms with van der Waals surface area (Å²) in [5.74, 6) is -1.45. The van der Waals surface area contributed by atoms with Crippen molar-refractivity contribution in [3.63, 3.8) is 0 Å². The van der Waals surface area contributed by atoms with Crippen LogP contribution in [0.15, 0.2) is 54.7 Å². The monoisotopic (exact) mass is 452 g/mol. The van der Waals surface area contributed by atoms with Crippen LogP contribution in [0.25, 0.3) is 0 Å². The average molecular weight is 453 g/mol. The molecule has 7 nitrogen and oxygen atoms in total. The molecule has 0 saturated heterocycles. The van der Waals surface area contributed by atoms with E-state index in [0.29, 0.717) is 5.56 Å². The van der Waals surface area contributed by atoms with E-state index in [4.69, 9.17) is 11.6 Å². The molecular formula is C20H16ClF3N4O3. The van der Waals surface area contributed by atoms with Gasteiger partial charge in [0.05, 0.1) is 23.2 Å². The van der Waals surface area contributed by atoms with Crippen LogP contribution in [0.3, 0.4) is 0 Å². The molecule has 162 valence electrons. The first-order chi connectivity index (χ1) is 14.7. The van der Waals surface area contributed by atoms with Crippen molar-refractivity contribution in [1.29, 1.82) is 0 Å². The van der Waals surface area contributed by atoms with Crippen molar-refractivity contribution in [2.45, 2.75) is 12.2 Å². The van der Waals surface area contributed by atoms with Crippen molar-refractivity contribution in [3.8, 4) is 0 Å². The SMILES string of the molecule is O=C(O)c1cnc(Nc2ccc(C(F)(F)F)c(Cl)c2)nc1N[C@H](CO)c1ccccc1. The molecule has 0 aliphatic carbocycles. The number of hydrogen-bond acceptors (Lipinski definition) is 6. The predicted molar refractivity (Wildman–Crippen MR) is 109 cm³/mol. The fourth-order valence-corrected chi connectivity index (χ4v) is 3.03. The van der Waals surface area contributed by atoms with Gasteiger partial charge in [-0.25, -0.2) is 9.78 Å². The van der Waals surface area contributed by atoms with E-state index in [1.54, 1.807) is 30.3 Å². The highest BCUT2D eigenvalue weighted by atomic mass is 35.5. The maximum Gasteiger partial charge on any atom is 0.417 e. The molecule has 2 aromatic carbocycles. The highest BCUT2D eigenvalue weighted by Gasteiger charge is 2.33. The number of carboxylic acids is 1. The third kappa shape index (κ3) is 5.41. The number of carboxylic acid groups (broad SMARTS) is 1. The second kappa shape index (κ2) is 9.19. The quantitative estimate of drug-likeness (QED) is 0.410. The Morgan fingerprint density at radius 3 is 2.45 bits per heavy atom. The van der Waals surface area contributed by atoms with Crippen LogP contribution in [-0.4, -0.2) is 32.8 Å². The minimum Gasteiger partial charge on any atom is -0.477 e. The summed E-state index contributed by atoms with van der Waals surface area (Å²) in [6.07, 6.45) is -3.55. The van der Waals surface area contributed by atoms with Gasteiger partial charge in [0.25, 0.3) is 0 Å². The average Bonchev–Trinajstić information content (AvgIpc) is 2.71. The molecule has 0 aliphatic rings. The first-order valence-electron chi connectivity index (χ1n) is 8.85. The lowest BCUT2D eigenvalue weighted by molar-refractivity contribution is -0.137. The summed E-state index contributed by atoms with van der Waals surface area (Å²) in [6.45, 7) is -0.343. The molecule has 0 unspecified atom stereocenters. The van der Waals surface area contributed by atoms with Crippen LogP contribution in [0.2, 0.25) is 5.02 Å². The number of alkyl halides is 3. The maximum atomic E-state index is 12.9. The van der Waals surface area contributed by atoms with E-state index in [9.17, 15) is 28.2 Å². The Kier molecular flexibility index (Phi) is 6.62. The highest BCUT2D eigenvalue weighted by Crippen LogP contribution is 2.36. The molecule has 31 heavy (non-hydrogen) atoms. The highest BCUT2D eigenvalue weighted by molar-refractivity contribution is 6.31. The topological polar surface area (TPSA) is 107 Å². The number of anilines is 3. The smallest absolute Gasteiger partial charge is 0.417 e. The number of carbonyl (C=O) groups is 1. The van der Waals surface area contributed by atoms with Gasteiger partial charge in [-0.1, -0.05) is 41.9 Å². The van der Waals surface area contributed by atoms with Gasteiger partial charge < -0.3 is 20.8 Å². The Bertz CT molecular complexity index is 1080. The van der Waals surface area contributed by atoms with E-state index in [0.717, 1.165) is 24.4 Å². The fraction of sp³-hybridized carbons (Fsp3) is 0.150. The van der Waals surface area contributed by atoms with Crippen molar-refractivity contribution in [2.75, 3.05) is 17.2 Å². The molecule has 0 spiro atoms. The van der Waals surface area contributed by atoms with Crippen LogP contribution < -0.4 is 10.6 Å². The molecular weight excluding hydrogens is 437 g/mol. The zero-order valence-corrected chi connectivity index (χ0v) is 16.4. The predicted octanol–water partition coefficient (Wildman–Crippen LogP) is 4.74. The number of aliphatic hydroxyl groups is 1. The van der Waals surface area contributed by atoms with Crippen molar-refractivity contribution >= 4 is 35.0 Å². The van der Waals surface area contributed by atoms with E-state index in [1.165, 1.54) is 0 Å². The minimum absolute atomic E-state index is 0.0759. The van der Waals surface area contributed by atoms with Crippen molar-refractivity contribution in [1.82, 2.24) is 9.97 Å².